The number of rotatable bonds is 1. The van der Waals surface area contributed by atoms with Crippen LogP contribution in [0.25, 0.3) is 0 Å². The Kier molecular flexibility index (Phi) is 2.66. The van der Waals surface area contributed by atoms with Gasteiger partial charge >= 0.3 is 0 Å². The highest BCUT2D eigenvalue weighted by atomic mass is 16.2. The van der Waals surface area contributed by atoms with Crippen LogP contribution in [0.5, 0.6) is 0 Å². The van der Waals surface area contributed by atoms with E-state index in [0.29, 0.717) is 6.54 Å². The Morgan fingerprint density at radius 3 is 2.38 bits per heavy atom. The van der Waals surface area contributed by atoms with Crippen LogP contribution in [0.2, 0.25) is 0 Å². The second kappa shape index (κ2) is 3.29. The molecule has 0 saturated carbocycles. The van der Waals surface area contributed by atoms with E-state index >= 15 is 0 Å². The lowest BCUT2D eigenvalue weighted by Gasteiger charge is -2.32. The zero-order chi connectivity index (χ0) is 10.2. The van der Waals surface area contributed by atoms with Crippen molar-refractivity contribution in [1.29, 1.82) is 0 Å². The predicted octanol–water partition coefficient (Wildman–Crippen LogP) is 0.981. The summed E-state index contributed by atoms with van der Waals surface area (Å²) in [7, 11) is 0. The van der Waals surface area contributed by atoms with Gasteiger partial charge in [-0.25, -0.2) is 0 Å². The molecule has 0 aromatic carbocycles. The van der Waals surface area contributed by atoms with E-state index in [0.717, 1.165) is 6.42 Å². The number of carbonyl (C=O) groups excluding carboxylic acids is 1. The third-order valence-corrected chi connectivity index (χ3v) is 2.67. The van der Waals surface area contributed by atoms with Gasteiger partial charge in [-0.3, -0.25) is 4.79 Å². The topological polar surface area (TPSA) is 46.3 Å². The molecule has 0 aromatic heterocycles. The third-order valence-electron chi connectivity index (χ3n) is 2.67. The van der Waals surface area contributed by atoms with Crippen molar-refractivity contribution in [2.45, 2.75) is 45.7 Å². The summed E-state index contributed by atoms with van der Waals surface area (Å²) in [6, 6.07) is 0.151. The molecule has 0 radical (unpaired) electrons. The number of likely N-dealkylation sites (tertiary alicyclic amines) is 1. The van der Waals surface area contributed by atoms with Gasteiger partial charge < -0.3 is 10.6 Å². The highest BCUT2D eigenvalue weighted by Gasteiger charge is 2.39. The standard InChI is InChI=1S/C10H20N2O/c1-7(2)9(13)12-6-8(11)5-10(12,3)4/h7-8H,5-6,11H2,1-4H3. The van der Waals surface area contributed by atoms with Crippen LogP contribution in [0, 0.1) is 5.92 Å². The maximum Gasteiger partial charge on any atom is 0.225 e. The largest absolute Gasteiger partial charge is 0.336 e. The number of nitrogens with two attached hydrogens (primary N) is 1. The average molecular weight is 184 g/mol. The Balaban J connectivity index is 2.75. The molecule has 1 aliphatic rings. The van der Waals surface area contributed by atoms with E-state index in [-0.39, 0.29) is 23.4 Å². The van der Waals surface area contributed by atoms with Crippen molar-refractivity contribution in [2.24, 2.45) is 11.7 Å². The molecule has 2 N–H and O–H groups in total. The fraction of sp³-hybridized carbons (Fsp3) is 0.900. The molecule has 1 unspecified atom stereocenters. The lowest BCUT2D eigenvalue weighted by Crippen LogP contribution is -2.44. The van der Waals surface area contributed by atoms with E-state index in [1.165, 1.54) is 0 Å². The summed E-state index contributed by atoms with van der Waals surface area (Å²) < 4.78 is 0. The quantitative estimate of drug-likeness (QED) is 0.660. The molecule has 3 nitrogen and oxygen atoms in total. The summed E-state index contributed by atoms with van der Waals surface area (Å²) in [4.78, 5) is 13.7. The lowest BCUT2D eigenvalue weighted by molar-refractivity contribution is -0.137. The molecule has 0 bridgehead atoms. The zero-order valence-electron chi connectivity index (χ0n) is 9.00. The summed E-state index contributed by atoms with van der Waals surface area (Å²) in [6.45, 7) is 8.74. The fourth-order valence-corrected chi connectivity index (χ4v) is 2.00. The summed E-state index contributed by atoms with van der Waals surface area (Å²) in [5, 5.41) is 0. The van der Waals surface area contributed by atoms with Crippen LogP contribution in [0.4, 0.5) is 0 Å². The molecule has 1 amide bonds. The molecule has 1 aliphatic heterocycles. The van der Waals surface area contributed by atoms with Crippen LogP contribution in [-0.2, 0) is 4.79 Å². The molecule has 1 atom stereocenters. The van der Waals surface area contributed by atoms with Crippen LogP contribution >= 0.6 is 0 Å². The Hall–Kier alpha value is -0.570. The molecule has 76 valence electrons. The van der Waals surface area contributed by atoms with Crippen molar-refractivity contribution in [3.05, 3.63) is 0 Å². The van der Waals surface area contributed by atoms with Crippen LogP contribution in [0.15, 0.2) is 0 Å². The normalized spacial score (nSPS) is 26.9. The van der Waals surface area contributed by atoms with Gasteiger partial charge in [-0.2, -0.15) is 0 Å². The first kappa shape index (κ1) is 10.5. The molecular formula is C10H20N2O. The van der Waals surface area contributed by atoms with Gasteiger partial charge in [0, 0.05) is 24.0 Å². The SMILES string of the molecule is CC(C)C(=O)N1CC(N)CC1(C)C. The van der Waals surface area contributed by atoms with Gasteiger partial charge in [-0.05, 0) is 20.3 Å². The van der Waals surface area contributed by atoms with Crippen LogP contribution < -0.4 is 5.73 Å². The van der Waals surface area contributed by atoms with Gasteiger partial charge in [-0.1, -0.05) is 13.8 Å². The Morgan fingerprint density at radius 2 is 2.08 bits per heavy atom. The molecule has 3 heteroatoms. The van der Waals surface area contributed by atoms with Gasteiger partial charge in [0.2, 0.25) is 5.91 Å². The molecule has 1 heterocycles. The molecule has 0 aliphatic carbocycles. The lowest BCUT2D eigenvalue weighted by atomic mass is 9.99. The summed E-state index contributed by atoms with van der Waals surface area (Å²) in [5.74, 6) is 0.294. The number of hydrogen-bond acceptors (Lipinski definition) is 2. The first-order valence-electron chi connectivity index (χ1n) is 4.91. The number of hydrogen-bond donors (Lipinski definition) is 1. The van der Waals surface area contributed by atoms with Crippen LogP contribution in [0.3, 0.4) is 0 Å². The van der Waals surface area contributed by atoms with Crippen LogP contribution in [-0.4, -0.2) is 28.9 Å². The maximum atomic E-state index is 11.8. The van der Waals surface area contributed by atoms with Crippen molar-refractivity contribution in [3.8, 4) is 0 Å². The molecular weight excluding hydrogens is 164 g/mol. The number of amides is 1. The monoisotopic (exact) mass is 184 g/mol. The zero-order valence-corrected chi connectivity index (χ0v) is 9.00. The van der Waals surface area contributed by atoms with Crippen molar-refractivity contribution >= 4 is 5.91 Å². The Bertz CT molecular complexity index is 211. The van der Waals surface area contributed by atoms with E-state index in [1.807, 2.05) is 18.7 Å². The minimum Gasteiger partial charge on any atom is -0.336 e. The molecule has 1 saturated heterocycles. The first-order chi connectivity index (χ1) is 5.84. The van der Waals surface area contributed by atoms with Gasteiger partial charge in [0.1, 0.15) is 0 Å². The highest BCUT2D eigenvalue weighted by Crippen LogP contribution is 2.28. The molecule has 0 spiro atoms. The fourth-order valence-electron chi connectivity index (χ4n) is 2.00. The number of nitrogens with zero attached hydrogens (tertiary/aromatic N) is 1. The van der Waals surface area contributed by atoms with E-state index < -0.39 is 0 Å². The average Bonchev–Trinajstić information content (AvgIpc) is 2.22. The van der Waals surface area contributed by atoms with Gasteiger partial charge in [0.05, 0.1) is 0 Å². The Morgan fingerprint density at radius 1 is 1.54 bits per heavy atom. The van der Waals surface area contributed by atoms with E-state index in [1.54, 1.807) is 0 Å². The van der Waals surface area contributed by atoms with E-state index in [9.17, 15) is 4.79 Å². The third kappa shape index (κ3) is 2.02. The van der Waals surface area contributed by atoms with Crippen molar-refractivity contribution in [1.82, 2.24) is 4.90 Å². The van der Waals surface area contributed by atoms with Crippen LogP contribution in [0.1, 0.15) is 34.1 Å². The minimum atomic E-state index is -0.0548. The van der Waals surface area contributed by atoms with Gasteiger partial charge in [0.25, 0.3) is 0 Å². The summed E-state index contributed by atoms with van der Waals surface area (Å²) >= 11 is 0. The highest BCUT2D eigenvalue weighted by molar-refractivity contribution is 5.79. The predicted molar refractivity (Wildman–Crippen MR) is 53.2 cm³/mol. The molecule has 13 heavy (non-hydrogen) atoms. The Labute approximate surface area is 80.3 Å². The molecule has 0 aromatic rings. The number of carbonyl (C=O) groups is 1. The van der Waals surface area contributed by atoms with Gasteiger partial charge in [0.15, 0.2) is 0 Å². The minimum absolute atomic E-state index is 0.0548. The van der Waals surface area contributed by atoms with Crippen molar-refractivity contribution in [3.63, 3.8) is 0 Å². The van der Waals surface area contributed by atoms with Crippen molar-refractivity contribution in [2.75, 3.05) is 6.54 Å². The van der Waals surface area contributed by atoms with E-state index in [4.69, 9.17) is 5.73 Å². The molecule has 1 fully saturated rings. The molecule has 1 rings (SSSR count). The van der Waals surface area contributed by atoms with Crippen molar-refractivity contribution < 1.29 is 4.79 Å². The second-order valence-electron chi connectivity index (χ2n) is 4.88. The first-order valence-corrected chi connectivity index (χ1v) is 4.91. The smallest absolute Gasteiger partial charge is 0.225 e. The summed E-state index contributed by atoms with van der Waals surface area (Å²) in [5.41, 5.74) is 5.79. The summed E-state index contributed by atoms with van der Waals surface area (Å²) in [6.07, 6.45) is 0.908. The van der Waals surface area contributed by atoms with E-state index in [2.05, 4.69) is 13.8 Å². The second-order valence-corrected chi connectivity index (χ2v) is 4.88. The van der Waals surface area contributed by atoms with Gasteiger partial charge in [-0.15, -0.1) is 0 Å². The maximum absolute atomic E-state index is 11.8.